The summed E-state index contributed by atoms with van der Waals surface area (Å²) in [6, 6.07) is 0. The van der Waals surface area contributed by atoms with E-state index in [1.54, 1.807) is 0 Å². The smallest absolute Gasteiger partial charge is 0.780 e. The third-order valence-electron chi connectivity index (χ3n) is 3.67. The van der Waals surface area contributed by atoms with E-state index < -0.39 is 31.3 Å². The van der Waals surface area contributed by atoms with Crippen LogP contribution >= 0.6 is 18.3 Å². The van der Waals surface area contributed by atoms with E-state index in [0.717, 1.165) is 0 Å². The topological polar surface area (TPSA) is 141 Å². The average Bonchev–Trinajstić information content (AvgIpc) is 2.97. The number of hydrogen-bond donors (Lipinski definition) is 2. The van der Waals surface area contributed by atoms with Gasteiger partial charge >= 0.3 is 29.6 Å². The third-order valence-corrected chi connectivity index (χ3v) is 5.48. The van der Waals surface area contributed by atoms with Crippen LogP contribution in [0.1, 0.15) is 6.23 Å². The quantitative estimate of drug-likeness (QED) is 0.279. The van der Waals surface area contributed by atoms with E-state index in [2.05, 4.69) is 15.0 Å². The van der Waals surface area contributed by atoms with E-state index in [1.807, 2.05) is 0 Å². The summed E-state index contributed by atoms with van der Waals surface area (Å²) < 4.78 is 17.2. The van der Waals surface area contributed by atoms with E-state index in [4.69, 9.17) is 42.9 Å². The van der Waals surface area contributed by atoms with Gasteiger partial charge in [-0.2, -0.15) is 0 Å². The number of ether oxygens (including phenoxy) is 1. The zero-order valence-electron chi connectivity index (χ0n) is 12.3. The van der Waals surface area contributed by atoms with Crippen LogP contribution in [-0.2, 0) is 25.6 Å². The number of fused-ring (bicyclic) bond motifs is 2. The van der Waals surface area contributed by atoms with Crippen molar-refractivity contribution >= 4 is 47.1 Å². The molecular formula is C10H10ClN5NaO5PS. The van der Waals surface area contributed by atoms with Gasteiger partial charge in [0.1, 0.15) is 31.4 Å². The normalized spacial score (nSPS) is 35.6. The minimum absolute atomic E-state index is 0. The number of nitrogens with two attached hydrogens (primary N) is 1. The summed E-state index contributed by atoms with van der Waals surface area (Å²) in [6.07, 6.45) is -2.45. The summed E-state index contributed by atoms with van der Waals surface area (Å²) >= 11 is 10.8. The van der Waals surface area contributed by atoms with Crippen LogP contribution in [-0.4, -0.2) is 49.5 Å². The number of aliphatic hydroxyl groups is 1. The third kappa shape index (κ3) is 3.01. The molecule has 2 saturated heterocycles. The molecule has 124 valence electrons. The zero-order chi connectivity index (χ0) is 16.4. The van der Waals surface area contributed by atoms with Gasteiger partial charge in [-0.3, -0.25) is 4.57 Å². The molecule has 4 heterocycles. The number of hydrogen-bond acceptors (Lipinski definition) is 10. The van der Waals surface area contributed by atoms with Gasteiger partial charge in [-0.15, -0.1) is 0 Å². The molecule has 2 aliphatic rings. The van der Waals surface area contributed by atoms with E-state index in [1.165, 1.54) is 10.9 Å². The van der Waals surface area contributed by atoms with Crippen LogP contribution in [0.15, 0.2) is 6.33 Å². The first-order valence-electron chi connectivity index (χ1n) is 6.49. The Morgan fingerprint density at radius 2 is 2.25 bits per heavy atom. The van der Waals surface area contributed by atoms with E-state index in [0.29, 0.717) is 5.65 Å². The molecule has 5 atom stereocenters. The molecule has 10 nitrogen and oxygen atoms in total. The van der Waals surface area contributed by atoms with Crippen molar-refractivity contribution in [2.24, 2.45) is 0 Å². The SMILES string of the molecule is Nc1ncnc2c1nc(Cl)n2C1OC2COP([O-])(=S)OC2C1O.[Na+]. The molecule has 0 aliphatic carbocycles. The van der Waals surface area contributed by atoms with Crippen LogP contribution in [0.5, 0.6) is 0 Å². The number of nitrogen functional groups attached to an aromatic ring is 1. The summed E-state index contributed by atoms with van der Waals surface area (Å²) in [5.41, 5.74) is 6.33. The molecule has 0 saturated carbocycles. The average molecular weight is 402 g/mol. The molecular weight excluding hydrogens is 392 g/mol. The molecule has 0 bridgehead atoms. The van der Waals surface area contributed by atoms with Crippen LogP contribution in [0, 0.1) is 0 Å². The fourth-order valence-corrected chi connectivity index (χ4v) is 4.36. The van der Waals surface area contributed by atoms with Gasteiger partial charge in [-0.1, -0.05) is 11.8 Å². The molecule has 2 aromatic rings. The molecule has 0 spiro atoms. The summed E-state index contributed by atoms with van der Waals surface area (Å²) in [4.78, 5) is 23.7. The Morgan fingerprint density at radius 3 is 3.00 bits per heavy atom. The molecule has 0 aromatic carbocycles. The summed E-state index contributed by atoms with van der Waals surface area (Å²) in [5, 5.41) is 10.5. The van der Waals surface area contributed by atoms with Crippen molar-refractivity contribution in [3.8, 4) is 0 Å². The van der Waals surface area contributed by atoms with Gasteiger partial charge in [0.2, 0.25) is 5.28 Å². The van der Waals surface area contributed by atoms with Crippen molar-refractivity contribution in [3.05, 3.63) is 11.6 Å². The van der Waals surface area contributed by atoms with Crippen LogP contribution in [0.2, 0.25) is 5.28 Å². The van der Waals surface area contributed by atoms with Crippen LogP contribution < -0.4 is 40.2 Å². The number of anilines is 1. The van der Waals surface area contributed by atoms with Gasteiger partial charge in [0.15, 0.2) is 23.2 Å². The summed E-state index contributed by atoms with van der Waals surface area (Å²) in [5.74, 6) is 0.148. The van der Waals surface area contributed by atoms with E-state index >= 15 is 0 Å². The molecule has 5 unspecified atom stereocenters. The first-order valence-corrected chi connectivity index (χ1v) is 9.42. The number of aliphatic hydroxyl groups excluding tert-OH is 1. The first kappa shape index (κ1) is 18.9. The van der Waals surface area contributed by atoms with Crippen molar-refractivity contribution in [1.29, 1.82) is 0 Å². The largest absolute Gasteiger partial charge is 1.00 e. The van der Waals surface area contributed by atoms with Gasteiger partial charge in [0.05, 0.1) is 6.61 Å². The molecule has 24 heavy (non-hydrogen) atoms. The second-order valence-corrected chi connectivity index (χ2v) is 8.09. The van der Waals surface area contributed by atoms with Crippen molar-refractivity contribution in [2.45, 2.75) is 24.5 Å². The van der Waals surface area contributed by atoms with Crippen molar-refractivity contribution in [3.63, 3.8) is 0 Å². The number of nitrogens with zero attached hydrogens (tertiary/aromatic N) is 4. The van der Waals surface area contributed by atoms with Gasteiger partial charge in [0.25, 0.3) is 0 Å². The monoisotopic (exact) mass is 401 g/mol. The maximum absolute atomic E-state index is 11.8. The molecule has 4 rings (SSSR count). The maximum atomic E-state index is 11.8. The summed E-state index contributed by atoms with van der Waals surface area (Å²) in [6.45, 7) is -3.68. The summed E-state index contributed by atoms with van der Waals surface area (Å²) in [7, 11) is 0. The predicted molar refractivity (Wildman–Crippen MR) is 79.8 cm³/mol. The Balaban J connectivity index is 0.00000169. The molecule has 2 aromatic heterocycles. The molecule has 0 radical (unpaired) electrons. The molecule has 2 fully saturated rings. The number of halogens is 1. The van der Waals surface area contributed by atoms with E-state index in [9.17, 15) is 10.00 Å². The van der Waals surface area contributed by atoms with Crippen LogP contribution in [0.3, 0.4) is 0 Å². The molecule has 3 N–H and O–H groups in total. The van der Waals surface area contributed by atoms with Gasteiger partial charge in [-0.25, -0.2) is 15.0 Å². The standard InChI is InChI=1S/C10H11ClN5O5PS.Na/c11-10-15-4-7(12)13-2-14-8(4)16(10)9-5(17)6-3(20-9)1-19-22(18,23)21-6;/h2-3,5-6,9,17H,1H2,(H,18,23)(H2,12,13,14);/q;+1/p-1. The minimum Gasteiger partial charge on any atom is -0.780 e. The van der Waals surface area contributed by atoms with Crippen molar-refractivity contribution in [1.82, 2.24) is 19.5 Å². The van der Waals surface area contributed by atoms with Gasteiger partial charge < -0.3 is 29.5 Å². The molecule has 14 heteroatoms. The van der Waals surface area contributed by atoms with E-state index in [-0.39, 0.29) is 52.8 Å². The molecule has 2 aliphatic heterocycles. The zero-order valence-corrected chi connectivity index (χ0v) is 16.7. The fraction of sp³-hybridized carbons (Fsp3) is 0.500. The number of imidazole rings is 1. The Morgan fingerprint density at radius 1 is 1.50 bits per heavy atom. The van der Waals surface area contributed by atoms with Crippen LogP contribution in [0.4, 0.5) is 5.82 Å². The number of aromatic nitrogens is 4. The Bertz CT molecular complexity index is 841. The first-order chi connectivity index (χ1) is 10.9. The Labute approximate surface area is 167 Å². The second kappa shape index (κ2) is 6.67. The van der Waals surface area contributed by atoms with Gasteiger partial charge in [-0.05, 0) is 11.6 Å². The maximum Gasteiger partial charge on any atom is 1.00 e. The predicted octanol–water partition coefficient (Wildman–Crippen LogP) is -3.68. The van der Waals surface area contributed by atoms with Crippen molar-refractivity contribution < 1.29 is 53.3 Å². The fourth-order valence-electron chi connectivity index (χ4n) is 2.67. The number of rotatable bonds is 1. The van der Waals surface area contributed by atoms with Gasteiger partial charge in [0, 0.05) is 0 Å². The molecule has 0 amide bonds. The van der Waals surface area contributed by atoms with Crippen LogP contribution in [0.25, 0.3) is 11.2 Å². The van der Waals surface area contributed by atoms with Crippen molar-refractivity contribution in [2.75, 3.05) is 12.3 Å². The Kier molecular flexibility index (Phi) is 5.25. The minimum atomic E-state index is -3.63. The second-order valence-electron chi connectivity index (χ2n) is 5.05. The Hall–Kier alpha value is 0.0900.